The molecular formula is C26H28N6O3S2. The summed E-state index contributed by atoms with van der Waals surface area (Å²) in [5.74, 6) is 3.12. The maximum absolute atomic E-state index is 12.8. The van der Waals surface area contributed by atoms with E-state index in [9.17, 15) is 9.59 Å². The molecule has 4 heterocycles. The summed E-state index contributed by atoms with van der Waals surface area (Å²) in [6.07, 6.45) is 3.28. The van der Waals surface area contributed by atoms with Gasteiger partial charge < -0.3 is 14.6 Å². The molecule has 9 nitrogen and oxygen atoms in total. The molecule has 0 aliphatic carbocycles. The van der Waals surface area contributed by atoms with Gasteiger partial charge in [-0.3, -0.25) is 15.2 Å². The van der Waals surface area contributed by atoms with Crippen LogP contribution in [0.5, 0.6) is 0 Å². The molecule has 1 saturated heterocycles. The molecule has 37 heavy (non-hydrogen) atoms. The second kappa shape index (κ2) is 12.1. The first-order chi connectivity index (χ1) is 18.2. The number of anilines is 1. The number of likely N-dealkylation sites (tertiary alicyclic amines) is 1. The van der Waals surface area contributed by atoms with Crippen LogP contribution in [0.4, 0.5) is 10.6 Å². The van der Waals surface area contributed by atoms with Crippen LogP contribution in [0.2, 0.25) is 0 Å². The summed E-state index contributed by atoms with van der Waals surface area (Å²) < 4.78 is 5.31. The van der Waals surface area contributed by atoms with E-state index in [1.807, 2.05) is 53.9 Å². The number of hydrogen-bond acceptors (Lipinski definition) is 7. The van der Waals surface area contributed by atoms with Gasteiger partial charge in [0.2, 0.25) is 0 Å². The van der Waals surface area contributed by atoms with E-state index < -0.39 is 0 Å². The summed E-state index contributed by atoms with van der Waals surface area (Å²) in [5.41, 5.74) is 2.33. The van der Waals surface area contributed by atoms with Crippen molar-refractivity contribution in [2.75, 3.05) is 30.7 Å². The lowest BCUT2D eigenvalue weighted by atomic mass is 9.98. The Hall–Kier alpha value is -3.57. The van der Waals surface area contributed by atoms with Gasteiger partial charge in [-0.05, 0) is 30.5 Å². The molecule has 1 fully saturated rings. The Morgan fingerprint density at radius 1 is 1.16 bits per heavy atom. The normalized spacial score (nSPS) is 14.0. The van der Waals surface area contributed by atoms with E-state index >= 15 is 0 Å². The number of aromatic nitrogens is 3. The minimum absolute atomic E-state index is 0.146. The van der Waals surface area contributed by atoms with Crippen molar-refractivity contribution in [1.29, 1.82) is 0 Å². The zero-order valence-electron chi connectivity index (χ0n) is 20.2. The van der Waals surface area contributed by atoms with Crippen LogP contribution in [0.25, 0.3) is 11.3 Å². The molecule has 0 atom stereocenters. The fourth-order valence-electron chi connectivity index (χ4n) is 4.14. The second-order valence-corrected chi connectivity index (χ2v) is 10.7. The molecule has 4 aromatic rings. The summed E-state index contributed by atoms with van der Waals surface area (Å²) in [7, 11) is 0. The third kappa shape index (κ3) is 6.60. The van der Waals surface area contributed by atoms with E-state index in [1.54, 1.807) is 22.9 Å². The van der Waals surface area contributed by atoms with E-state index in [0.29, 0.717) is 31.1 Å². The molecule has 0 radical (unpaired) electrons. The SMILES string of the molecule is O=C(NCCSCc1ccco1)c1csc(C2CCN(C(=O)Nc3cc(-c4ccccc4)[nH]n3)CC2)n1. The number of benzene rings is 1. The van der Waals surface area contributed by atoms with Crippen LogP contribution in [-0.4, -0.2) is 57.4 Å². The maximum Gasteiger partial charge on any atom is 0.323 e. The lowest BCUT2D eigenvalue weighted by Gasteiger charge is -2.30. The number of thiazole rings is 1. The first-order valence-electron chi connectivity index (χ1n) is 12.2. The monoisotopic (exact) mass is 536 g/mol. The Balaban J connectivity index is 1.04. The van der Waals surface area contributed by atoms with E-state index in [-0.39, 0.29) is 17.9 Å². The second-order valence-electron chi connectivity index (χ2n) is 8.68. The van der Waals surface area contributed by atoms with Crippen LogP contribution in [-0.2, 0) is 5.75 Å². The number of furan rings is 1. The third-order valence-corrected chi connectivity index (χ3v) is 8.13. The number of carbonyl (C=O) groups excluding carboxylic acids is 2. The molecule has 0 spiro atoms. The summed E-state index contributed by atoms with van der Waals surface area (Å²) in [4.78, 5) is 31.6. The summed E-state index contributed by atoms with van der Waals surface area (Å²) in [5, 5.41) is 15.8. The van der Waals surface area contributed by atoms with Crippen molar-refractivity contribution in [1.82, 2.24) is 25.4 Å². The van der Waals surface area contributed by atoms with Crippen molar-refractivity contribution in [2.45, 2.75) is 24.5 Å². The van der Waals surface area contributed by atoms with Gasteiger partial charge in [-0.1, -0.05) is 30.3 Å². The molecule has 0 bridgehead atoms. The quantitative estimate of drug-likeness (QED) is 0.253. The highest BCUT2D eigenvalue weighted by Gasteiger charge is 2.26. The molecule has 5 rings (SSSR count). The van der Waals surface area contributed by atoms with Crippen LogP contribution < -0.4 is 10.6 Å². The van der Waals surface area contributed by atoms with E-state index in [0.717, 1.165) is 46.4 Å². The zero-order chi connectivity index (χ0) is 25.5. The standard InChI is InChI=1S/C26H28N6O3S2/c33-24(27-10-14-36-16-20-7-4-13-35-20)22-17-37-25(28-22)19-8-11-32(12-9-19)26(34)29-23-15-21(30-31-23)18-5-2-1-3-6-18/h1-7,13,15,17,19H,8-12,14,16H2,(H,27,33)(H2,29,30,31,34). The fourth-order valence-corrected chi connectivity index (χ4v) is 5.87. The van der Waals surface area contributed by atoms with Gasteiger partial charge in [0.05, 0.1) is 22.7 Å². The van der Waals surface area contributed by atoms with Crippen molar-refractivity contribution in [3.63, 3.8) is 0 Å². The van der Waals surface area contributed by atoms with Crippen LogP contribution >= 0.6 is 23.1 Å². The van der Waals surface area contributed by atoms with Crippen LogP contribution in [0.1, 0.15) is 40.0 Å². The van der Waals surface area contributed by atoms with E-state index in [1.165, 1.54) is 11.3 Å². The van der Waals surface area contributed by atoms with Gasteiger partial charge >= 0.3 is 6.03 Å². The van der Waals surface area contributed by atoms with Gasteiger partial charge in [-0.2, -0.15) is 16.9 Å². The number of H-pyrrole nitrogens is 1. The van der Waals surface area contributed by atoms with E-state index in [2.05, 4.69) is 25.8 Å². The molecule has 0 saturated carbocycles. The lowest BCUT2D eigenvalue weighted by molar-refractivity contribution is 0.0951. The molecule has 192 valence electrons. The smallest absolute Gasteiger partial charge is 0.323 e. The Labute approximate surface area is 223 Å². The van der Waals surface area contributed by atoms with Gasteiger partial charge in [0.25, 0.3) is 5.91 Å². The van der Waals surface area contributed by atoms with Crippen molar-refractivity contribution < 1.29 is 14.0 Å². The molecule has 0 unspecified atom stereocenters. The van der Waals surface area contributed by atoms with Crippen LogP contribution in [0.15, 0.2) is 64.6 Å². The number of amides is 3. The van der Waals surface area contributed by atoms with Gasteiger partial charge in [0.15, 0.2) is 5.82 Å². The molecule has 11 heteroatoms. The number of rotatable bonds is 9. The van der Waals surface area contributed by atoms with Gasteiger partial charge in [-0.25, -0.2) is 9.78 Å². The Kier molecular flexibility index (Phi) is 8.21. The van der Waals surface area contributed by atoms with Crippen molar-refractivity contribution >= 4 is 40.9 Å². The molecule has 1 aliphatic heterocycles. The number of nitrogens with one attached hydrogen (secondary N) is 3. The number of aromatic amines is 1. The minimum Gasteiger partial charge on any atom is -0.468 e. The fraction of sp³-hybridized carbons (Fsp3) is 0.308. The predicted octanol–water partition coefficient (Wildman–Crippen LogP) is 5.20. The topological polar surface area (TPSA) is 116 Å². The van der Waals surface area contributed by atoms with Gasteiger partial charge in [0, 0.05) is 42.8 Å². The highest BCUT2D eigenvalue weighted by molar-refractivity contribution is 7.98. The van der Waals surface area contributed by atoms with Gasteiger partial charge in [0.1, 0.15) is 11.5 Å². The first-order valence-corrected chi connectivity index (χ1v) is 14.2. The average molecular weight is 537 g/mol. The Morgan fingerprint density at radius 3 is 2.78 bits per heavy atom. The number of hydrogen-bond donors (Lipinski definition) is 3. The third-order valence-electron chi connectivity index (χ3n) is 6.14. The highest BCUT2D eigenvalue weighted by Crippen LogP contribution is 2.30. The number of nitrogens with zero attached hydrogens (tertiary/aromatic N) is 3. The van der Waals surface area contributed by atoms with Crippen LogP contribution in [0.3, 0.4) is 0 Å². The molecule has 3 amide bonds. The maximum atomic E-state index is 12.8. The minimum atomic E-state index is -0.159. The largest absolute Gasteiger partial charge is 0.468 e. The number of piperidine rings is 1. The summed E-state index contributed by atoms with van der Waals surface area (Å²) in [6, 6.07) is 15.3. The molecule has 1 aromatic carbocycles. The first kappa shape index (κ1) is 25.1. The van der Waals surface area contributed by atoms with Gasteiger partial charge in [-0.15, -0.1) is 11.3 Å². The molecule has 3 N–H and O–H groups in total. The van der Waals surface area contributed by atoms with Crippen molar-refractivity contribution in [2.24, 2.45) is 0 Å². The molecular weight excluding hydrogens is 508 g/mol. The summed E-state index contributed by atoms with van der Waals surface area (Å²) >= 11 is 3.23. The Morgan fingerprint density at radius 2 is 2.00 bits per heavy atom. The lowest BCUT2D eigenvalue weighted by Crippen LogP contribution is -2.40. The number of thioether (sulfide) groups is 1. The van der Waals surface area contributed by atoms with Crippen LogP contribution in [0, 0.1) is 0 Å². The molecule has 3 aromatic heterocycles. The van der Waals surface area contributed by atoms with Crippen molar-refractivity contribution in [3.8, 4) is 11.3 Å². The summed E-state index contributed by atoms with van der Waals surface area (Å²) in [6.45, 7) is 1.83. The molecule has 1 aliphatic rings. The highest BCUT2D eigenvalue weighted by atomic mass is 32.2. The number of carbonyl (C=O) groups is 2. The average Bonchev–Trinajstić information content (AvgIpc) is 3.72. The van der Waals surface area contributed by atoms with E-state index in [4.69, 9.17) is 4.42 Å². The Bertz CT molecular complexity index is 1300. The predicted molar refractivity (Wildman–Crippen MR) is 146 cm³/mol. The zero-order valence-corrected chi connectivity index (χ0v) is 21.8. The number of urea groups is 1. The van der Waals surface area contributed by atoms with Crippen molar-refractivity contribution in [3.05, 3.63) is 76.6 Å².